The molecule has 7 rings (SSSR count). The third-order valence-corrected chi connectivity index (χ3v) is 8.40. The molecule has 0 atom stereocenters. The van der Waals surface area contributed by atoms with Crippen molar-refractivity contribution in [3.63, 3.8) is 0 Å². The van der Waals surface area contributed by atoms with Crippen LogP contribution < -0.4 is 15.2 Å². The molecule has 0 radical (unpaired) electrons. The van der Waals surface area contributed by atoms with E-state index in [4.69, 9.17) is 0 Å². The summed E-state index contributed by atoms with van der Waals surface area (Å²) in [6.45, 7) is 0.740. The third-order valence-electron chi connectivity index (χ3n) is 7.60. The average Bonchev–Trinajstić information content (AvgIpc) is 3.64. The highest BCUT2D eigenvalue weighted by molar-refractivity contribution is 7.13. The Morgan fingerprint density at radius 3 is 2.45 bits per heavy atom. The van der Waals surface area contributed by atoms with Gasteiger partial charge in [0.05, 0.1) is 24.3 Å². The Morgan fingerprint density at radius 1 is 1.02 bits per heavy atom. The number of amides is 1. The predicted molar refractivity (Wildman–Crippen MR) is 145 cm³/mol. The Bertz CT molecular complexity index is 1670. The first kappa shape index (κ1) is 25.0. The fraction of sp³-hybridized carbons (Fsp3) is 0.370. The van der Waals surface area contributed by atoms with Gasteiger partial charge in [-0.15, -0.1) is 11.3 Å². The van der Waals surface area contributed by atoms with Crippen molar-refractivity contribution in [3.05, 3.63) is 63.8 Å². The van der Waals surface area contributed by atoms with E-state index in [0.717, 1.165) is 28.4 Å². The van der Waals surface area contributed by atoms with Crippen LogP contribution in [0.25, 0.3) is 21.6 Å². The van der Waals surface area contributed by atoms with E-state index < -0.39 is 36.2 Å². The van der Waals surface area contributed by atoms with Gasteiger partial charge in [0.1, 0.15) is 22.1 Å². The molecule has 0 N–H and O–H groups in total. The van der Waals surface area contributed by atoms with Gasteiger partial charge < -0.3 is 19.3 Å². The quantitative estimate of drug-likeness (QED) is 0.363. The summed E-state index contributed by atoms with van der Waals surface area (Å²) in [5.41, 5.74) is 0.827. The Morgan fingerprint density at radius 2 is 1.77 bits per heavy atom. The van der Waals surface area contributed by atoms with E-state index in [1.807, 2.05) is 25.8 Å². The van der Waals surface area contributed by atoms with Gasteiger partial charge in [0.25, 0.3) is 11.8 Å². The van der Waals surface area contributed by atoms with Crippen LogP contribution in [0.1, 0.15) is 29.2 Å². The molecule has 4 aromatic rings. The Kier molecular flexibility index (Phi) is 5.81. The molecule has 2 saturated heterocycles. The number of halogens is 3. The highest BCUT2D eigenvalue weighted by Gasteiger charge is 2.47. The Hall–Kier alpha value is -4.00. The van der Waals surface area contributed by atoms with Crippen LogP contribution in [-0.4, -0.2) is 75.5 Å². The number of likely N-dealkylation sites (tertiary alicyclic amines) is 1. The second-order valence-corrected chi connectivity index (χ2v) is 11.3. The van der Waals surface area contributed by atoms with Gasteiger partial charge in [-0.3, -0.25) is 9.59 Å². The van der Waals surface area contributed by atoms with Crippen molar-refractivity contribution >= 4 is 39.8 Å². The van der Waals surface area contributed by atoms with E-state index in [2.05, 4.69) is 15.0 Å². The van der Waals surface area contributed by atoms with Crippen molar-refractivity contribution in [1.82, 2.24) is 24.4 Å². The Labute approximate surface area is 230 Å². The highest BCUT2D eigenvalue weighted by atomic mass is 32.1. The SMILES string of the molecule is O=C(c1cn(C2CC2)c2cc(N3CCN(c4nccc(-c5nccs5)n4)CC3)c(F)cc2c1=O)N1CC(F)(F)C1. The number of alkyl halides is 2. The fourth-order valence-electron chi connectivity index (χ4n) is 5.35. The number of benzene rings is 1. The molecule has 1 saturated carbocycles. The zero-order valence-corrected chi connectivity index (χ0v) is 22.1. The second-order valence-electron chi connectivity index (χ2n) is 10.4. The molecule has 0 bridgehead atoms. The van der Waals surface area contributed by atoms with Crippen LogP contribution in [-0.2, 0) is 0 Å². The number of pyridine rings is 1. The minimum Gasteiger partial charge on any atom is -0.366 e. The minimum atomic E-state index is -2.94. The van der Waals surface area contributed by atoms with E-state index in [1.165, 1.54) is 23.6 Å². The summed E-state index contributed by atoms with van der Waals surface area (Å²) >= 11 is 1.50. The number of fused-ring (bicyclic) bond motifs is 1. The normalized spacial score (nSPS) is 18.7. The summed E-state index contributed by atoms with van der Waals surface area (Å²) in [5, 5.41) is 2.79. The number of carbonyl (C=O) groups is 1. The predicted octanol–water partition coefficient (Wildman–Crippen LogP) is 3.81. The van der Waals surface area contributed by atoms with E-state index in [1.54, 1.807) is 18.5 Å². The minimum absolute atomic E-state index is 0.0740. The van der Waals surface area contributed by atoms with E-state index in [9.17, 15) is 18.4 Å². The average molecular weight is 568 g/mol. The zero-order chi connectivity index (χ0) is 27.6. The zero-order valence-electron chi connectivity index (χ0n) is 21.3. The lowest BCUT2D eigenvalue weighted by atomic mass is 10.1. The molecule has 3 aliphatic rings. The molecule has 1 amide bonds. The van der Waals surface area contributed by atoms with Gasteiger partial charge in [-0.05, 0) is 31.0 Å². The third kappa shape index (κ3) is 4.37. The molecular formula is C27H24F3N7O2S. The van der Waals surface area contributed by atoms with Crippen molar-refractivity contribution in [1.29, 1.82) is 0 Å². The topological polar surface area (TPSA) is 87.5 Å². The van der Waals surface area contributed by atoms with Gasteiger partial charge in [-0.2, -0.15) is 0 Å². The molecule has 2 aliphatic heterocycles. The number of aromatic nitrogens is 4. The highest BCUT2D eigenvalue weighted by Crippen LogP contribution is 2.39. The number of piperazine rings is 1. The second kappa shape index (κ2) is 9.29. The molecule has 3 aromatic heterocycles. The molecule has 0 spiro atoms. The molecule has 40 heavy (non-hydrogen) atoms. The molecule has 206 valence electrons. The maximum absolute atomic E-state index is 15.5. The number of hydrogen-bond donors (Lipinski definition) is 0. The van der Waals surface area contributed by atoms with E-state index >= 15 is 4.39 Å². The molecule has 0 unspecified atom stereocenters. The maximum Gasteiger partial charge on any atom is 0.282 e. The largest absolute Gasteiger partial charge is 0.366 e. The van der Waals surface area contributed by atoms with Gasteiger partial charge in [-0.1, -0.05) is 0 Å². The first-order valence-corrected chi connectivity index (χ1v) is 13.9. The van der Waals surface area contributed by atoms with Crippen LogP contribution in [0.5, 0.6) is 0 Å². The van der Waals surface area contributed by atoms with Crippen LogP contribution in [0.4, 0.5) is 24.8 Å². The molecule has 5 heterocycles. The van der Waals surface area contributed by atoms with Crippen molar-refractivity contribution < 1.29 is 18.0 Å². The molecule has 3 fully saturated rings. The maximum atomic E-state index is 15.5. The fourth-order valence-corrected chi connectivity index (χ4v) is 5.96. The summed E-state index contributed by atoms with van der Waals surface area (Å²) in [5.74, 6) is -3.66. The lowest BCUT2D eigenvalue weighted by Gasteiger charge is -2.38. The van der Waals surface area contributed by atoms with Crippen molar-refractivity contribution in [3.8, 4) is 10.7 Å². The van der Waals surface area contributed by atoms with Gasteiger partial charge in [0.15, 0.2) is 0 Å². The molecular weight excluding hydrogens is 543 g/mol. The van der Waals surface area contributed by atoms with E-state index in [0.29, 0.717) is 43.3 Å². The summed E-state index contributed by atoms with van der Waals surface area (Å²) < 4.78 is 44.1. The number of rotatable bonds is 5. The molecule has 9 nitrogen and oxygen atoms in total. The summed E-state index contributed by atoms with van der Waals surface area (Å²) in [4.78, 5) is 44.5. The lowest BCUT2D eigenvalue weighted by Crippen LogP contribution is -2.59. The van der Waals surface area contributed by atoms with Crippen LogP contribution in [0.15, 0.2) is 47.0 Å². The number of anilines is 2. The van der Waals surface area contributed by atoms with Crippen LogP contribution in [0.3, 0.4) is 0 Å². The molecule has 1 aliphatic carbocycles. The van der Waals surface area contributed by atoms with Gasteiger partial charge in [0, 0.05) is 61.6 Å². The number of carbonyl (C=O) groups excluding carboxylic acids is 1. The van der Waals surface area contributed by atoms with Crippen LogP contribution >= 0.6 is 11.3 Å². The molecule has 1 aromatic carbocycles. The first-order chi connectivity index (χ1) is 19.3. The van der Waals surface area contributed by atoms with E-state index in [-0.39, 0.29) is 17.0 Å². The summed E-state index contributed by atoms with van der Waals surface area (Å²) in [6, 6.07) is 4.75. The number of hydrogen-bond acceptors (Lipinski definition) is 8. The van der Waals surface area contributed by atoms with Crippen LogP contribution in [0, 0.1) is 5.82 Å². The Balaban J connectivity index is 1.16. The van der Waals surface area contributed by atoms with Crippen molar-refractivity contribution in [2.45, 2.75) is 24.8 Å². The smallest absolute Gasteiger partial charge is 0.282 e. The summed E-state index contributed by atoms with van der Waals surface area (Å²) in [6.07, 6.45) is 6.62. The standard InChI is InChI=1S/C27H24F3N7O2S/c28-19-11-17-21(37(16-1-2-16)13-18(23(17)38)25(39)36-14-27(29,30)15-36)12-22(19)34-6-8-35(9-7-34)26-32-4-3-20(33-26)24-31-5-10-40-24/h3-5,10-13,16H,1-2,6-9,14-15H2. The van der Waals surface area contributed by atoms with Gasteiger partial charge >= 0.3 is 0 Å². The summed E-state index contributed by atoms with van der Waals surface area (Å²) in [7, 11) is 0. The van der Waals surface area contributed by atoms with Crippen molar-refractivity contribution in [2.24, 2.45) is 0 Å². The monoisotopic (exact) mass is 567 g/mol. The van der Waals surface area contributed by atoms with Crippen LogP contribution in [0.2, 0.25) is 0 Å². The van der Waals surface area contributed by atoms with Crippen molar-refractivity contribution in [2.75, 3.05) is 49.1 Å². The number of nitrogens with zero attached hydrogens (tertiary/aromatic N) is 7. The number of thiazole rings is 1. The first-order valence-electron chi connectivity index (χ1n) is 13.1. The lowest BCUT2D eigenvalue weighted by molar-refractivity contribution is -0.113. The van der Waals surface area contributed by atoms with Gasteiger partial charge in [-0.25, -0.2) is 28.1 Å². The van der Waals surface area contributed by atoms with Gasteiger partial charge in [0.2, 0.25) is 11.4 Å². The molecule has 13 heteroatoms.